The molecule has 2 aliphatic carbocycles. The SMILES string of the molecule is CN(C)c1ccc(C(=O)N/N=C2/C[C@H]3CC[C@@H]2C3)cc1. The summed E-state index contributed by atoms with van der Waals surface area (Å²) in [5.41, 5.74) is 5.64. The van der Waals surface area contributed by atoms with Crippen LogP contribution in [0.15, 0.2) is 29.4 Å². The number of carbonyl (C=O) groups is 1. The maximum Gasteiger partial charge on any atom is 0.271 e. The molecule has 0 spiro atoms. The fourth-order valence-electron chi connectivity index (χ4n) is 3.26. The second-order valence-electron chi connectivity index (χ2n) is 6.07. The van der Waals surface area contributed by atoms with Crippen molar-refractivity contribution in [3.63, 3.8) is 0 Å². The van der Waals surface area contributed by atoms with Crippen LogP contribution in [-0.4, -0.2) is 25.7 Å². The first-order valence-electron chi connectivity index (χ1n) is 7.27. The molecule has 2 atom stereocenters. The number of amides is 1. The van der Waals surface area contributed by atoms with Crippen LogP contribution in [0.3, 0.4) is 0 Å². The minimum Gasteiger partial charge on any atom is -0.378 e. The third-order valence-corrected chi connectivity index (χ3v) is 4.46. The molecule has 20 heavy (non-hydrogen) atoms. The first-order chi connectivity index (χ1) is 9.63. The average molecular weight is 271 g/mol. The van der Waals surface area contributed by atoms with E-state index in [0.29, 0.717) is 11.5 Å². The molecule has 1 N–H and O–H groups in total. The Labute approximate surface area is 119 Å². The number of rotatable bonds is 3. The van der Waals surface area contributed by atoms with E-state index < -0.39 is 0 Å². The van der Waals surface area contributed by atoms with Crippen LogP contribution < -0.4 is 10.3 Å². The summed E-state index contributed by atoms with van der Waals surface area (Å²) in [5, 5.41) is 4.35. The van der Waals surface area contributed by atoms with Crippen molar-refractivity contribution in [1.29, 1.82) is 0 Å². The molecule has 0 heterocycles. The van der Waals surface area contributed by atoms with E-state index in [1.165, 1.54) is 25.0 Å². The largest absolute Gasteiger partial charge is 0.378 e. The smallest absolute Gasteiger partial charge is 0.271 e. The average Bonchev–Trinajstić information content (AvgIpc) is 3.07. The van der Waals surface area contributed by atoms with Crippen LogP contribution in [0.1, 0.15) is 36.0 Å². The fraction of sp³-hybridized carbons (Fsp3) is 0.500. The Morgan fingerprint density at radius 1 is 1.25 bits per heavy atom. The molecule has 0 radical (unpaired) electrons. The van der Waals surface area contributed by atoms with Crippen LogP contribution >= 0.6 is 0 Å². The Hall–Kier alpha value is -1.84. The number of anilines is 1. The lowest BCUT2D eigenvalue weighted by molar-refractivity contribution is 0.0954. The van der Waals surface area contributed by atoms with Crippen molar-refractivity contribution < 1.29 is 4.79 Å². The van der Waals surface area contributed by atoms with Crippen molar-refractivity contribution in [2.45, 2.75) is 25.7 Å². The molecule has 2 saturated carbocycles. The van der Waals surface area contributed by atoms with Gasteiger partial charge in [-0.2, -0.15) is 5.10 Å². The highest BCUT2D eigenvalue weighted by Gasteiger charge is 2.36. The molecule has 106 valence electrons. The van der Waals surface area contributed by atoms with Crippen molar-refractivity contribution in [1.82, 2.24) is 5.43 Å². The highest BCUT2D eigenvalue weighted by Crippen LogP contribution is 2.42. The third kappa shape index (κ3) is 2.55. The molecule has 0 aliphatic heterocycles. The zero-order valence-electron chi connectivity index (χ0n) is 12.1. The summed E-state index contributed by atoms with van der Waals surface area (Å²) in [6.45, 7) is 0. The van der Waals surface area contributed by atoms with E-state index in [9.17, 15) is 4.79 Å². The summed E-state index contributed by atoms with van der Waals surface area (Å²) < 4.78 is 0. The van der Waals surface area contributed by atoms with E-state index >= 15 is 0 Å². The van der Waals surface area contributed by atoms with Gasteiger partial charge in [0.2, 0.25) is 0 Å². The van der Waals surface area contributed by atoms with Crippen molar-refractivity contribution in [2.75, 3.05) is 19.0 Å². The molecule has 1 aromatic rings. The Morgan fingerprint density at radius 2 is 2.00 bits per heavy atom. The second kappa shape index (κ2) is 5.27. The highest BCUT2D eigenvalue weighted by molar-refractivity contribution is 5.96. The normalized spacial score (nSPS) is 26.0. The van der Waals surface area contributed by atoms with Gasteiger partial charge in [-0.05, 0) is 61.8 Å². The predicted molar refractivity (Wildman–Crippen MR) is 81.1 cm³/mol. The zero-order chi connectivity index (χ0) is 14.1. The molecule has 2 aliphatic rings. The molecule has 1 amide bonds. The van der Waals surface area contributed by atoms with Gasteiger partial charge in [0.05, 0.1) is 0 Å². The van der Waals surface area contributed by atoms with E-state index in [1.54, 1.807) is 0 Å². The molecule has 0 aromatic heterocycles. The molecule has 4 heteroatoms. The first-order valence-corrected chi connectivity index (χ1v) is 7.27. The maximum atomic E-state index is 12.1. The van der Waals surface area contributed by atoms with Crippen LogP contribution in [0, 0.1) is 11.8 Å². The Balaban J connectivity index is 1.63. The summed E-state index contributed by atoms with van der Waals surface area (Å²) >= 11 is 0. The molecule has 2 bridgehead atoms. The lowest BCUT2D eigenvalue weighted by Crippen LogP contribution is -2.22. The Kier molecular flexibility index (Phi) is 3.47. The summed E-state index contributed by atoms with van der Waals surface area (Å²) in [6.07, 6.45) is 4.93. The van der Waals surface area contributed by atoms with Gasteiger partial charge < -0.3 is 4.90 Å². The van der Waals surface area contributed by atoms with Crippen molar-refractivity contribution in [2.24, 2.45) is 16.9 Å². The minimum atomic E-state index is -0.120. The van der Waals surface area contributed by atoms with Crippen LogP contribution in [0.5, 0.6) is 0 Å². The van der Waals surface area contributed by atoms with Gasteiger partial charge in [-0.1, -0.05) is 0 Å². The fourth-order valence-corrected chi connectivity index (χ4v) is 3.26. The standard InChI is InChI=1S/C16H21N3O/c1-19(2)14-7-5-12(6-8-14)16(20)18-17-15-10-11-3-4-13(15)9-11/h5-8,11,13H,3-4,9-10H2,1-2H3,(H,18,20)/b17-15-/t11-,13+/m0/s1. The number of hydrogen-bond acceptors (Lipinski definition) is 3. The van der Waals surface area contributed by atoms with Crippen LogP contribution in [0.2, 0.25) is 0 Å². The molecule has 0 unspecified atom stereocenters. The Morgan fingerprint density at radius 3 is 2.55 bits per heavy atom. The number of nitrogens with one attached hydrogen (secondary N) is 1. The third-order valence-electron chi connectivity index (χ3n) is 4.46. The second-order valence-corrected chi connectivity index (χ2v) is 6.07. The Bertz CT molecular complexity index is 533. The van der Waals surface area contributed by atoms with E-state index in [2.05, 4.69) is 10.5 Å². The van der Waals surface area contributed by atoms with Crippen LogP contribution in [0.4, 0.5) is 5.69 Å². The van der Waals surface area contributed by atoms with Gasteiger partial charge in [0.15, 0.2) is 0 Å². The molecule has 2 fully saturated rings. The van der Waals surface area contributed by atoms with Crippen molar-refractivity contribution >= 4 is 17.3 Å². The van der Waals surface area contributed by atoms with Crippen LogP contribution in [-0.2, 0) is 0 Å². The molecular formula is C16H21N3O. The van der Waals surface area contributed by atoms with Gasteiger partial charge in [0, 0.05) is 31.1 Å². The summed E-state index contributed by atoms with van der Waals surface area (Å²) in [7, 11) is 3.96. The van der Waals surface area contributed by atoms with E-state index in [1.807, 2.05) is 43.3 Å². The van der Waals surface area contributed by atoms with E-state index in [-0.39, 0.29) is 5.91 Å². The molecule has 1 aromatic carbocycles. The summed E-state index contributed by atoms with van der Waals surface area (Å²) in [5.74, 6) is 1.32. The quantitative estimate of drug-likeness (QED) is 0.859. The number of fused-ring (bicyclic) bond motifs is 2. The molecule has 4 nitrogen and oxygen atoms in total. The van der Waals surface area contributed by atoms with Crippen molar-refractivity contribution in [3.8, 4) is 0 Å². The number of carbonyl (C=O) groups excluding carboxylic acids is 1. The van der Waals surface area contributed by atoms with Crippen LogP contribution in [0.25, 0.3) is 0 Å². The molecule has 3 rings (SSSR count). The van der Waals surface area contributed by atoms with Gasteiger partial charge in [0.1, 0.15) is 0 Å². The van der Waals surface area contributed by atoms with Gasteiger partial charge >= 0.3 is 0 Å². The van der Waals surface area contributed by atoms with E-state index in [4.69, 9.17) is 0 Å². The monoisotopic (exact) mass is 271 g/mol. The molecule has 0 saturated heterocycles. The van der Waals surface area contributed by atoms with Gasteiger partial charge in [-0.25, -0.2) is 5.43 Å². The van der Waals surface area contributed by atoms with E-state index in [0.717, 1.165) is 18.0 Å². The lowest BCUT2D eigenvalue weighted by Gasteiger charge is -2.13. The van der Waals surface area contributed by atoms with Crippen molar-refractivity contribution in [3.05, 3.63) is 29.8 Å². The van der Waals surface area contributed by atoms with Gasteiger partial charge in [-0.3, -0.25) is 4.79 Å². The van der Waals surface area contributed by atoms with Gasteiger partial charge in [-0.15, -0.1) is 0 Å². The topological polar surface area (TPSA) is 44.7 Å². The maximum absolute atomic E-state index is 12.1. The predicted octanol–water partition coefficient (Wildman–Crippen LogP) is 2.66. The number of hydrogen-bond donors (Lipinski definition) is 1. The van der Waals surface area contributed by atoms with Gasteiger partial charge in [0.25, 0.3) is 5.91 Å². The molecular weight excluding hydrogens is 250 g/mol. The summed E-state index contributed by atoms with van der Waals surface area (Å²) in [4.78, 5) is 14.1. The first kappa shape index (κ1) is 13.2. The number of benzene rings is 1. The highest BCUT2D eigenvalue weighted by atomic mass is 16.2. The zero-order valence-corrected chi connectivity index (χ0v) is 12.1. The lowest BCUT2D eigenvalue weighted by atomic mass is 9.99. The number of hydrazone groups is 1. The summed E-state index contributed by atoms with van der Waals surface area (Å²) in [6, 6.07) is 7.57. The minimum absolute atomic E-state index is 0.120. The number of nitrogens with zero attached hydrogens (tertiary/aromatic N) is 2.